The fourth-order valence-electron chi connectivity index (χ4n) is 16.1. The summed E-state index contributed by atoms with van der Waals surface area (Å²) in [5.41, 5.74) is 23.4. The number of thiophene rings is 1. The van der Waals surface area contributed by atoms with Crippen LogP contribution in [0.1, 0.15) is 168 Å². The Bertz CT molecular complexity index is 3940. The molecular formula is C71H74BN3OS. The SMILES string of the molecule is CC(C)(C)c1cc2c3c(c1)N(c1cccc4c1sc1ccccc14)c1c(oc4cc5c(cc14)C(C)(C)CCC5(C)C)B3c1ccc(N(C3CCCCC3)C(C)(C)C)cc1N2c1ccc2c(c1)C1(CCCC1)c1ccccc1-2. The lowest BCUT2D eigenvalue weighted by molar-refractivity contribution is 0.332. The van der Waals surface area contributed by atoms with Crippen LogP contribution in [0.3, 0.4) is 0 Å². The smallest absolute Gasteiger partial charge is 0.297 e. The topological polar surface area (TPSA) is 22.9 Å². The standard InChI is InChI=1S/C71H74BN3OS/c1-67(2,3)43-37-59-63-60(38-43)74(57-27-20-25-50-49-24-15-17-28-62(49)77-65(50)57)64-51-41-54-55(70(9,10)36-35-69(54,7)8)42-61(51)76-66(64)72(63)56-32-30-46(75(68(4,5)6)44-21-12-11-13-22-44)40-58(56)73(59)45-29-31-48-47-23-14-16-26-52(47)71(53(48)39-45)33-18-19-34-71/h14-17,20,23-32,37-42,44H,11-13,18-19,21-22,33-36H2,1-10H3. The first-order valence-electron chi connectivity index (χ1n) is 29.4. The Hall–Kier alpha value is -6.24. The second-order valence-corrected chi connectivity index (χ2v) is 28.7. The van der Waals surface area contributed by atoms with Crippen molar-refractivity contribution >= 4 is 106 Å². The zero-order valence-corrected chi connectivity index (χ0v) is 48.0. The van der Waals surface area contributed by atoms with Crippen LogP contribution in [-0.4, -0.2) is 18.3 Å². The first kappa shape index (κ1) is 47.9. The summed E-state index contributed by atoms with van der Waals surface area (Å²) in [6.07, 6.45) is 13.6. The number of nitrogens with zero attached hydrogens (tertiary/aromatic N) is 3. The maximum absolute atomic E-state index is 7.81. The Balaban J connectivity index is 1.07. The number of hydrogen-bond acceptors (Lipinski definition) is 5. The van der Waals surface area contributed by atoms with Gasteiger partial charge in [-0.2, -0.15) is 0 Å². The molecule has 4 heterocycles. The van der Waals surface area contributed by atoms with Crippen molar-refractivity contribution in [2.24, 2.45) is 0 Å². The van der Waals surface area contributed by atoms with E-state index in [0.29, 0.717) is 6.04 Å². The van der Waals surface area contributed by atoms with Crippen molar-refractivity contribution in [2.75, 3.05) is 14.7 Å². The number of furan rings is 1. The molecule has 0 bridgehead atoms. The van der Waals surface area contributed by atoms with Gasteiger partial charge in [0.05, 0.1) is 21.7 Å². The molecule has 2 fully saturated rings. The van der Waals surface area contributed by atoms with Gasteiger partial charge in [-0.1, -0.05) is 147 Å². The van der Waals surface area contributed by atoms with Gasteiger partial charge in [-0.15, -0.1) is 11.3 Å². The van der Waals surface area contributed by atoms with E-state index in [1.54, 1.807) is 0 Å². The van der Waals surface area contributed by atoms with Crippen molar-refractivity contribution in [2.45, 2.75) is 173 Å². The average molecular weight is 1030 g/mol. The van der Waals surface area contributed by atoms with Gasteiger partial charge in [0.25, 0.3) is 6.71 Å². The first-order valence-corrected chi connectivity index (χ1v) is 30.2. The minimum absolute atomic E-state index is 0.0264. The molecule has 0 N–H and O–H groups in total. The number of fused-ring (bicyclic) bond motifs is 15. The second kappa shape index (κ2) is 16.4. The molecule has 1 spiro atoms. The maximum atomic E-state index is 7.81. The van der Waals surface area contributed by atoms with Crippen LogP contribution >= 0.6 is 11.3 Å². The molecule has 77 heavy (non-hydrogen) atoms. The van der Waals surface area contributed by atoms with Gasteiger partial charge in [0.2, 0.25) is 0 Å². The summed E-state index contributed by atoms with van der Waals surface area (Å²) in [7, 11) is 0. The number of hydrogen-bond donors (Lipinski definition) is 0. The van der Waals surface area contributed by atoms with Crippen LogP contribution in [-0.2, 0) is 21.7 Å². The van der Waals surface area contributed by atoms with Crippen LogP contribution in [0, 0.1) is 0 Å². The average Bonchev–Trinajstić information content (AvgIpc) is 4.35. The Kier molecular flexibility index (Phi) is 10.2. The maximum Gasteiger partial charge on any atom is 0.297 e. The molecule has 0 unspecified atom stereocenters. The first-order chi connectivity index (χ1) is 36.9. The third-order valence-corrected chi connectivity index (χ3v) is 21.2. The van der Waals surface area contributed by atoms with Gasteiger partial charge in [-0.3, -0.25) is 0 Å². The van der Waals surface area contributed by atoms with Gasteiger partial charge in [-0.25, -0.2) is 0 Å². The van der Waals surface area contributed by atoms with Gasteiger partial charge in [-0.05, 0) is 186 Å². The highest BCUT2D eigenvalue weighted by Crippen LogP contribution is 2.59. The third-order valence-electron chi connectivity index (χ3n) is 20.0. The second-order valence-electron chi connectivity index (χ2n) is 27.7. The van der Waals surface area contributed by atoms with E-state index in [-0.39, 0.29) is 33.9 Å². The molecule has 6 heteroatoms. The highest BCUT2D eigenvalue weighted by atomic mass is 32.1. The van der Waals surface area contributed by atoms with Crippen molar-refractivity contribution in [3.8, 4) is 11.1 Å². The summed E-state index contributed by atoms with van der Waals surface area (Å²) in [6.45, 7) is 24.2. The number of anilines is 7. The molecule has 15 rings (SSSR count). The molecule has 0 atom stereocenters. The Morgan fingerprint density at radius 3 is 2.01 bits per heavy atom. The van der Waals surface area contributed by atoms with Gasteiger partial charge >= 0.3 is 0 Å². The summed E-state index contributed by atoms with van der Waals surface area (Å²) in [5.74, 6) is 0. The van der Waals surface area contributed by atoms with Crippen molar-refractivity contribution in [3.63, 3.8) is 0 Å². The summed E-state index contributed by atoms with van der Waals surface area (Å²) in [4.78, 5) is 8.22. The lowest BCUT2D eigenvalue weighted by Crippen LogP contribution is -2.61. The highest BCUT2D eigenvalue weighted by Gasteiger charge is 2.50. The molecule has 2 saturated carbocycles. The molecule has 2 aromatic heterocycles. The predicted octanol–water partition coefficient (Wildman–Crippen LogP) is 18.3. The summed E-state index contributed by atoms with van der Waals surface area (Å²) in [6, 6.07) is 51.4. The van der Waals surface area contributed by atoms with Gasteiger partial charge in [0.1, 0.15) is 5.58 Å². The summed E-state index contributed by atoms with van der Waals surface area (Å²) < 4.78 is 10.4. The normalized spacial score (nSPS) is 18.9. The van der Waals surface area contributed by atoms with Crippen LogP contribution in [0.25, 0.3) is 42.3 Å². The van der Waals surface area contributed by atoms with Crippen molar-refractivity contribution < 1.29 is 4.42 Å². The van der Waals surface area contributed by atoms with Crippen LogP contribution in [0.15, 0.2) is 132 Å². The summed E-state index contributed by atoms with van der Waals surface area (Å²) in [5, 5.41) is 3.84. The van der Waals surface area contributed by atoms with E-state index in [0.717, 1.165) is 24.1 Å². The van der Waals surface area contributed by atoms with Crippen molar-refractivity contribution in [1.29, 1.82) is 0 Å². The predicted molar refractivity (Wildman–Crippen MR) is 331 cm³/mol. The molecule has 388 valence electrons. The quantitative estimate of drug-likeness (QED) is 0.164. The molecule has 4 aliphatic carbocycles. The lowest BCUT2D eigenvalue weighted by atomic mass is 9.35. The molecule has 0 amide bonds. The Labute approximate surface area is 461 Å². The summed E-state index contributed by atoms with van der Waals surface area (Å²) >= 11 is 1.93. The molecule has 7 aromatic carbocycles. The molecule has 2 aliphatic heterocycles. The van der Waals surface area contributed by atoms with E-state index in [1.807, 2.05) is 11.3 Å². The minimum Gasteiger partial charge on any atom is -0.468 e. The molecule has 0 radical (unpaired) electrons. The molecule has 9 aromatic rings. The Morgan fingerprint density at radius 1 is 0.571 bits per heavy atom. The number of rotatable bonds is 4. The van der Waals surface area contributed by atoms with Gasteiger partial charge in [0.15, 0.2) is 0 Å². The van der Waals surface area contributed by atoms with Gasteiger partial charge in [0, 0.05) is 66.3 Å². The van der Waals surface area contributed by atoms with E-state index < -0.39 is 0 Å². The monoisotopic (exact) mass is 1030 g/mol. The van der Waals surface area contributed by atoms with Crippen LogP contribution < -0.4 is 31.3 Å². The Morgan fingerprint density at radius 2 is 1.26 bits per heavy atom. The molecule has 6 aliphatic rings. The highest BCUT2D eigenvalue weighted by molar-refractivity contribution is 7.26. The zero-order chi connectivity index (χ0) is 52.7. The van der Waals surface area contributed by atoms with E-state index in [4.69, 9.17) is 4.42 Å². The molecular weight excluding hydrogens is 954 g/mol. The largest absolute Gasteiger partial charge is 0.468 e. The van der Waals surface area contributed by atoms with E-state index in [9.17, 15) is 0 Å². The molecule has 0 saturated heterocycles. The lowest BCUT2D eigenvalue weighted by Gasteiger charge is -2.47. The fraction of sp³-hybridized carbons (Fsp3) is 0.380. The van der Waals surface area contributed by atoms with Gasteiger partial charge < -0.3 is 19.1 Å². The van der Waals surface area contributed by atoms with Crippen LogP contribution in [0.5, 0.6) is 0 Å². The van der Waals surface area contributed by atoms with E-state index >= 15 is 0 Å². The molecule has 4 nitrogen and oxygen atoms in total. The van der Waals surface area contributed by atoms with Crippen LogP contribution in [0.4, 0.5) is 39.8 Å². The number of benzene rings is 7. The van der Waals surface area contributed by atoms with Crippen molar-refractivity contribution in [1.82, 2.24) is 0 Å². The zero-order valence-electron chi connectivity index (χ0n) is 47.2. The van der Waals surface area contributed by atoms with Crippen LogP contribution in [0.2, 0.25) is 0 Å². The minimum atomic E-state index is -0.158. The van der Waals surface area contributed by atoms with E-state index in [1.165, 1.54) is 173 Å². The third kappa shape index (κ3) is 6.88. The van der Waals surface area contributed by atoms with Crippen molar-refractivity contribution in [3.05, 3.63) is 155 Å². The van der Waals surface area contributed by atoms with E-state index in [2.05, 4.69) is 211 Å². The fourth-order valence-corrected chi connectivity index (χ4v) is 17.3.